The third-order valence-electron chi connectivity index (χ3n) is 3.89. The summed E-state index contributed by atoms with van der Waals surface area (Å²) >= 11 is 1.64. The van der Waals surface area contributed by atoms with Gasteiger partial charge >= 0.3 is 6.09 Å². The molecule has 1 heterocycles. The average Bonchev–Trinajstić information content (AvgIpc) is 3.11. The number of nitrogens with one attached hydrogen (secondary N) is 1. The first-order chi connectivity index (χ1) is 12.2. The van der Waals surface area contributed by atoms with Gasteiger partial charge in [0, 0.05) is 24.0 Å². The lowest BCUT2D eigenvalue weighted by molar-refractivity contribution is 0.0523. The van der Waals surface area contributed by atoms with Gasteiger partial charge in [-0.2, -0.15) is 0 Å². The summed E-state index contributed by atoms with van der Waals surface area (Å²) in [5.41, 5.74) is 1.00. The predicted octanol–water partition coefficient (Wildman–Crippen LogP) is 4.61. The van der Waals surface area contributed by atoms with Crippen molar-refractivity contribution < 1.29 is 14.3 Å². The van der Waals surface area contributed by atoms with Crippen LogP contribution in [-0.4, -0.2) is 29.5 Å². The van der Waals surface area contributed by atoms with Gasteiger partial charge in [0.25, 0.3) is 5.91 Å². The molecule has 1 aromatic carbocycles. The molecule has 0 aliphatic rings. The number of rotatable bonds is 5. The van der Waals surface area contributed by atoms with Crippen LogP contribution in [0.2, 0.25) is 0 Å². The van der Waals surface area contributed by atoms with E-state index >= 15 is 0 Å². The SMILES string of the molecule is CC(c1cccs1)N(C)C(=O)c1ccc(CNC(=O)OC(C)(C)C)cc1. The van der Waals surface area contributed by atoms with Crippen LogP contribution in [-0.2, 0) is 11.3 Å². The number of benzene rings is 1. The van der Waals surface area contributed by atoms with Gasteiger partial charge in [0.05, 0.1) is 6.04 Å². The molecule has 0 aliphatic carbocycles. The molecule has 0 radical (unpaired) electrons. The third-order valence-corrected chi connectivity index (χ3v) is 4.94. The van der Waals surface area contributed by atoms with Crippen molar-refractivity contribution in [3.05, 3.63) is 57.8 Å². The van der Waals surface area contributed by atoms with Crippen LogP contribution >= 0.6 is 11.3 Å². The van der Waals surface area contributed by atoms with Crippen LogP contribution < -0.4 is 5.32 Å². The van der Waals surface area contributed by atoms with E-state index in [1.54, 1.807) is 28.4 Å². The highest BCUT2D eigenvalue weighted by Crippen LogP contribution is 2.24. The van der Waals surface area contributed by atoms with E-state index in [1.165, 1.54) is 0 Å². The van der Waals surface area contributed by atoms with Crippen LogP contribution in [0.3, 0.4) is 0 Å². The summed E-state index contributed by atoms with van der Waals surface area (Å²) in [6, 6.07) is 11.3. The minimum absolute atomic E-state index is 0.0241. The second kappa shape index (κ2) is 8.36. The fraction of sp³-hybridized carbons (Fsp3) is 0.400. The Hall–Kier alpha value is -2.34. The van der Waals surface area contributed by atoms with Gasteiger partial charge in [-0.05, 0) is 56.8 Å². The molecule has 26 heavy (non-hydrogen) atoms. The number of nitrogens with zero attached hydrogens (tertiary/aromatic N) is 1. The van der Waals surface area contributed by atoms with E-state index in [9.17, 15) is 9.59 Å². The molecule has 0 saturated heterocycles. The molecule has 5 nitrogen and oxygen atoms in total. The first-order valence-electron chi connectivity index (χ1n) is 8.54. The topological polar surface area (TPSA) is 58.6 Å². The number of amides is 2. The molecule has 2 aromatic rings. The van der Waals surface area contributed by atoms with Crippen molar-refractivity contribution in [2.75, 3.05) is 7.05 Å². The molecular weight excluding hydrogens is 348 g/mol. The van der Waals surface area contributed by atoms with Crippen molar-refractivity contribution in [1.82, 2.24) is 10.2 Å². The van der Waals surface area contributed by atoms with Crippen LogP contribution in [0.4, 0.5) is 4.79 Å². The van der Waals surface area contributed by atoms with Gasteiger partial charge in [0.15, 0.2) is 0 Å². The Bertz CT molecular complexity index is 733. The lowest BCUT2D eigenvalue weighted by Gasteiger charge is -2.24. The predicted molar refractivity (Wildman–Crippen MR) is 104 cm³/mol. The summed E-state index contributed by atoms with van der Waals surface area (Å²) in [5.74, 6) is -0.0300. The Morgan fingerprint density at radius 1 is 1.19 bits per heavy atom. The maximum atomic E-state index is 12.7. The number of hydrogen-bond acceptors (Lipinski definition) is 4. The maximum Gasteiger partial charge on any atom is 0.407 e. The van der Waals surface area contributed by atoms with Crippen LogP contribution in [0.15, 0.2) is 41.8 Å². The quantitative estimate of drug-likeness (QED) is 0.832. The monoisotopic (exact) mass is 374 g/mol. The van der Waals surface area contributed by atoms with Crippen molar-refractivity contribution in [3.63, 3.8) is 0 Å². The van der Waals surface area contributed by atoms with Crippen molar-refractivity contribution in [2.45, 2.75) is 45.9 Å². The molecule has 0 aliphatic heterocycles. The molecule has 2 rings (SSSR count). The number of ether oxygens (including phenoxy) is 1. The summed E-state index contributed by atoms with van der Waals surface area (Å²) in [6.07, 6.45) is -0.456. The normalized spacial score (nSPS) is 12.3. The Morgan fingerprint density at radius 3 is 2.38 bits per heavy atom. The Kier molecular flexibility index (Phi) is 6.42. The number of hydrogen-bond donors (Lipinski definition) is 1. The minimum Gasteiger partial charge on any atom is -0.444 e. The smallest absolute Gasteiger partial charge is 0.407 e. The largest absolute Gasteiger partial charge is 0.444 e. The lowest BCUT2D eigenvalue weighted by Crippen LogP contribution is -2.32. The van der Waals surface area contributed by atoms with Gasteiger partial charge in [-0.25, -0.2) is 4.79 Å². The molecule has 2 amide bonds. The van der Waals surface area contributed by atoms with Crippen molar-refractivity contribution in [2.24, 2.45) is 0 Å². The number of carbonyl (C=O) groups excluding carboxylic acids is 2. The number of carbonyl (C=O) groups is 2. The summed E-state index contributed by atoms with van der Waals surface area (Å²) in [7, 11) is 1.81. The minimum atomic E-state index is -0.524. The third kappa shape index (κ3) is 5.59. The fourth-order valence-corrected chi connectivity index (χ4v) is 3.18. The molecule has 0 saturated carbocycles. The molecule has 1 aromatic heterocycles. The second-order valence-corrected chi connectivity index (χ2v) is 8.14. The van der Waals surface area contributed by atoms with Gasteiger partial charge in [0.2, 0.25) is 0 Å². The van der Waals surface area contributed by atoms with E-state index in [2.05, 4.69) is 5.32 Å². The van der Waals surface area contributed by atoms with E-state index in [0.29, 0.717) is 12.1 Å². The standard InChI is InChI=1S/C20H26N2O3S/c1-14(17-7-6-12-26-17)22(5)18(23)16-10-8-15(9-11-16)13-21-19(24)25-20(2,3)4/h6-12,14H,13H2,1-5H3,(H,21,24). The summed E-state index contributed by atoms with van der Waals surface area (Å²) in [6.45, 7) is 7.83. The molecule has 0 spiro atoms. The zero-order valence-corrected chi connectivity index (χ0v) is 16.7. The van der Waals surface area contributed by atoms with Gasteiger partial charge in [0.1, 0.15) is 5.60 Å². The maximum absolute atomic E-state index is 12.7. The number of thiophene rings is 1. The first kappa shape index (κ1) is 20.0. The summed E-state index contributed by atoms with van der Waals surface area (Å²) in [4.78, 5) is 27.2. The van der Waals surface area contributed by atoms with E-state index in [1.807, 2.05) is 64.4 Å². The molecular formula is C20H26N2O3S. The summed E-state index contributed by atoms with van der Waals surface area (Å²) in [5, 5.41) is 4.72. The van der Waals surface area contributed by atoms with Crippen molar-refractivity contribution >= 4 is 23.3 Å². The zero-order chi connectivity index (χ0) is 19.3. The zero-order valence-electron chi connectivity index (χ0n) is 15.9. The van der Waals surface area contributed by atoms with Gasteiger partial charge in [-0.1, -0.05) is 18.2 Å². The molecule has 140 valence electrons. The van der Waals surface area contributed by atoms with Crippen LogP contribution in [0.25, 0.3) is 0 Å². The average molecular weight is 375 g/mol. The van der Waals surface area contributed by atoms with E-state index < -0.39 is 11.7 Å². The van der Waals surface area contributed by atoms with E-state index in [-0.39, 0.29) is 11.9 Å². The Morgan fingerprint density at radius 2 is 1.85 bits per heavy atom. The van der Waals surface area contributed by atoms with Crippen LogP contribution in [0.1, 0.15) is 54.5 Å². The van der Waals surface area contributed by atoms with Crippen molar-refractivity contribution in [1.29, 1.82) is 0 Å². The fourth-order valence-electron chi connectivity index (χ4n) is 2.35. The molecule has 1 unspecified atom stereocenters. The molecule has 1 N–H and O–H groups in total. The first-order valence-corrected chi connectivity index (χ1v) is 9.41. The summed E-state index contributed by atoms with van der Waals surface area (Å²) < 4.78 is 5.20. The molecule has 6 heteroatoms. The van der Waals surface area contributed by atoms with Gasteiger partial charge in [-0.3, -0.25) is 4.79 Å². The number of alkyl carbamates (subject to hydrolysis) is 1. The van der Waals surface area contributed by atoms with E-state index in [4.69, 9.17) is 4.74 Å². The van der Waals surface area contributed by atoms with Crippen LogP contribution in [0, 0.1) is 0 Å². The second-order valence-electron chi connectivity index (χ2n) is 7.16. The highest BCUT2D eigenvalue weighted by Gasteiger charge is 2.20. The van der Waals surface area contributed by atoms with Crippen molar-refractivity contribution in [3.8, 4) is 0 Å². The van der Waals surface area contributed by atoms with Gasteiger partial charge in [-0.15, -0.1) is 11.3 Å². The molecule has 0 fully saturated rings. The Balaban J connectivity index is 1.94. The molecule has 0 bridgehead atoms. The van der Waals surface area contributed by atoms with Crippen LogP contribution in [0.5, 0.6) is 0 Å². The van der Waals surface area contributed by atoms with Gasteiger partial charge < -0.3 is 15.0 Å². The lowest BCUT2D eigenvalue weighted by atomic mass is 10.1. The highest BCUT2D eigenvalue weighted by atomic mass is 32.1. The highest BCUT2D eigenvalue weighted by molar-refractivity contribution is 7.10. The van der Waals surface area contributed by atoms with E-state index in [0.717, 1.165) is 10.4 Å². The molecule has 1 atom stereocenters. The Labute approximate surface area is 159 Å².